The second kappa shape index (κ2) is 5.51. The van der Waals surface area contributed by atoms with Crippen LogP contribution in [0, 0.1) is 0 Å². The Hall–Kier alpha value is -1.55. The molecule has 1 atom stereocenters. The number of rotatable bonds is 5. The van der Waals surface area contributed by atoms with Gasteiger partial charge in [0.15, 0.2) is 0 Å². The first kappa shape index (κ1) is 12.5. The number of aliphatic carboxylic acids is 1. The van der Waals surface area contributed by atoms with Gasteiger partial charge in [-0.15, -0.1) is 0 Å². The summed E-state index contributed by atoms with van der Waals surface area (Å²) in [6.07, 6.45) is 0.800. The molecule has 1 rings (SSSR count). The van der Waals surface area contributed by atoms with Crippen LogP contribution in [0.15, 0.2) is 18.2 Å². The van der Waals surface area contributed by atoms with Gasteiger partial charge in [-0.3, -0.25) is 4.79 Å². The van der Waals surface area contributed by atoms with Crippen LogP contribution in [0.1, 0.15) is 24.0 Å². The maximum absolute atomic E-state index is 11.0. The highest BCUT2D eigenvalue weighted by molar-refractivity contribution is 5.76. The van der Waals surface area contributed by atoms with Crippen molar-refractivity contribution >= 4 is 5.97 Å². The summed E-state index contributed by atoms with van der Waals surface area (Å²) in [5.74, 6) is -0.752. The van der Waals surface area contributed by atoms with Crippen molar-refractivity contribution in [3.8, 4) is 5.75 Å². The monoisotopic (exact) mass is 223 g/mol. The molecule has 0 spiro atoms. The molecule has 1 unspecified atom stereocenters. The zero-order valence-corrected chi connectivity index (χ0v) is 9.56. The van der Waals surface area contributed by atoms with Gasteiger partial charge >= 0.3 is 5.97 Å². The van der Waals surface area contributed by atoms with E-state index in [0.717, 1.165) is 23.3 Å². The summed E-state index contributed by atoms with van der Waals surface area (Å²) in [5.41, 5.74) is 7.18. The number of nitrogens with two attached hydrogens (primary N) is 1. The van der Waals surface area contributed by atoms with E-state index in [2.05, 4.69) is 0 Å². The number of benzene rings is 1. The van der Waals surface area contributed by atoms with E-state index in [-0.39, 0.29) is 6.54 Å². The molecule has 1 aromatic rings. The van der Waals surface area contributed by atoms with Gasteiger partial charge in [-0.25, -0.2) is 0 Å². The van der Waals surface area contributed by atoms with Crippen LogP contribution < -0.4 is 10.5 Å². The van der Waals surface area contributed by atoms with Crippen molar-refractivity contribution in [2.75, 3.05) is 13.7 Å². The Morgan fingerprint density at radius 3 is 2.69 bits per heavy atom. The summed E-state index contributed by atoms with van der Waals surface area (Å²) in [6.45, 7) is 2.10. The number of hydrogen-bond acceptors (Lipinski definition) is 3. The van der Waals surface area contributed by atoms with E-state index in [1.54, 1.807) is 19.2 Å². The molecule has 3 N–H and O–H groups in total. The zero-order valence-electron chi connectivity index (χ0n) is 9.56. The fourth-order valence-corrected chi connectivity index (χ4v) is 1.67. The second-order valence-corrected chi connectivity index (χ2v) is 3.55. The Morgan fingerprint density at radius 1 is 1.56 bits per heavy atom. The van der Waals surface area contributed by atoms with Crippen molar-refractivity contribution in [2.45, 2.75) is 19.3 Å². The van der Waals surface area contributed by atoms with Crippen LogP contribution in [0.2, 0.25) is 0 Å². The molecule has 0 amide bonds. The number of carboxylic acid groups (broad SMARTS) is 1. The smallest absolute Gasteiger partial charge is 0.312 e. The fraction of sp³-hybridized carbons (Fsp3) is 0.417. The highest BCUT2D eigenvalue weighted by Gasteiger charge is 2.18. The Balaban J connectivity index is 3.11. The number of methoxy groups -OCH3 is 1. The normalized spacial score (nSPS) is 12.2. The molecule has 0 aliphatic carbocycles. The van der Waals surface area contributed by atoms with E-state index in [1.807, 2.05) is 13.0 Å². The number of carbonyl (C=O) groups is 1. The van der Waals surface area contributed by atoms with Gasteiger partial charge < -0.3 is 15.6 Å². The summed E-state index contributed by atoms with van der Waals surface area (Å²) in [7, 11) is 1.60. The SMILES string of the molecule is CCc1cc(C(CN)C(=O)O)ccc1OC. The van der Waals surface area contributed by atoms with Crippen molar-refractivity contribution in [2.24, 2.45) is 5.73 Å². The first-order valence-electron chi connectivity index (χ1n) is 5.23. The minimum Gasteiger partial charge on any atom is -0.496 e. The van der Waals surface area contributed by atoms with Crippen LogP contribution in [0.4, 0.5) is 0 Å². The van der Waals surface area contributed by atoms with Crippen LogP contribution >= 0.6 is 0 Å². The van der Waals surface area contributed by atoms with Crippen molar-refractivity contribution in [3.63, 3.8) is 0 Å². The third kappa shape index (κ3) is 2.52. The Bertz CT molecular complexity index is 377. The van der Waals surface area contributed by atoms with Crippen molar-refractivity contribution < 1.29 is 14.6 Å². The molecular weight excluding hydrogens is 206 g/mol. The lowest BCUT2D eigenvalue weighted by atomic mass is 9.96. The van der Waals surface area contributed by atoms with Gasteiger partial charge in [0.1, 0.15) is 5.75 Å². The Labute approximate surface area is 95.0 Å². The molecular formula is C12H17NO3. The highest BCUT2D eigenvalue weighted by Crippen LogP contribution is 2.24. The average molecular weight is 223 g/mol. The lowest BCUT2D eigenvalue weighted by Gasteiger charge is -2.13. The van der Waals surface area contributed by atoms with Gasteiger partial charge in [0.05, 0.1) is 13.0 Å². The number of hydrogen-bond donors (Lipinski definition) is 2. The largest absolute Gasteiger partial charge is 0.496 e. The molecule has 0 saturated heterocycles. The van der Waals surface area contributed by atoms with E-state index >= 15 is 0 Å². The van der Waals surface area contributed by atoms with Crippen LogP contribution in [-0.2, 0) is 11.2 Å². The van der Waals surface area contributed by atoms with Gasteiger partial charge in [-0.1, -0.05) is 19.1 Å². The maximum atomic E-state index is 11.0. The van der Waals surface area contributed by atoms with Crippen molar-refractivity contribution in [1.82, 2.24) is 0 Å². The van der Waals surface area contributed by atoms with E-state index in [0.29, 0.717) is 0 Å². The molecule has 4 heteroatoms. The molecule has 0 fully saturated rings. The molecule has 0 aromatic heterocycles. The molecule has 0 bridgehead atoms. The van der Waals surface area contributed by atoms with Gasteiger partial charge in [-0.05, 0) is 23.6 Å². The third-order valence-electron chi connectivity index (χ3n) is 2.62. The lowest BCUT2D eigenvalue weighted by Crippen LogP contribution is -2.21. The topological polar surface area (TPSA) is 72.6 Å². The molecule has 1 aromatic carbocycles. The second-order valence-electron chi connectivity index (χ2n) is 3.55. The van der Waals surface area contributed by atoms with Gasteiger partial charge in [-0.2, -0.15) is 0 Å². The van der Waals surface area contributed by atoms with Crippen LogP contribution in [0.25, 0.3) is 0 Å². The average Bonchev–Trinajstić information content (AvgIpc) is 2.29. The first-order chi connectivity index (χ1) is 7.63. The minimum atomic E-state index is -0.894. The summed E-state index contributed by atoms with van der Waals surface area (Å²) in [5, 5.41) is 9.01. The Morgan fingerprint density at radius 2 is 2.25 bits per heavy atom. The number of aryl methyl sites for hydroxylation is 1. The van der Waals surface area contributed by atoms with Crippen LogP contribution in [-0.4, -0.2) is 24.7 Å². The number of ether oxygens (including phenoxy) is 1. The molecule has 0 heterocycles. The van der Waals surface area contributed by atoms with Crippen LogP contribution in [0.5, 0.6) is 5.75 Å². The third-order valence-corrected chi connectivity index (χ3v) is 2.62. The van der Waals surface area contributed by atoms with E-state index in [1.165, 1.54) is 0 Å². The van der Waals surface area contributed by atoms with Gasteiger partial charge in [0.25, 0.3) is 0 Å². The summed E-state index contributed by atoms with van der Waals surface area (Å²) in [6, 6.07) is 5.40. The zero-order chi connectivity index (χ0) is 12.1. The van der Waals surface area contributed by atoms with Gasteiger partial charge in [0, 0.05) is 6.54 Å². The first-order valence-corrected chi connectivity index (χ1v) is 5.23. The quantitative estimate of drug-likeness (QED) is 0.791. The predicted molar refractivity (Wildman–Crippen MR) is 61.8 cm³/mol. The lowest BCUT2D eigenvalue weighted by molar-refractivity contribution is -0.138. The molecule has 0 aliphatic rings. The molecule has 0 radical (unpaired) electrons. The standard InChI is InChI=1S/C12H17NO3/c1-3-8-6-9(4-5-11(8)16-2)10(7-13)12(14)15/h4-6,10H,3,7,13H2,1-2H3,(H,14,15). The van der Waals surface area contributed by atoms with Crippen LogP contribution in [0.3, 0.4) is 0 Å². The summed E-state index contributed by atoms with van der Waals surface area (Å²) in [4.78, 5) is 11.0. The van der Waals surface area contributed by atoms with E-state index in [4.69, 9.17) is 15.6 Å². The Kier molecular flexibility index (Phi) is 4.31. The van der Waals surface area contributed by atoms with Gasteiger partial charge in [0.2, 0.25) is 0 Å². The van der Waals surface area contributed by atoms with E-state index in [9.17, 15) is 4.79 Å². The minimum absolute atomic E-state index is 0.102. The summed E-state index contributed by atoms with van der Waals surface area (Å²) < 4.78 is 5.19. The van der Waals surface area contributed by atoms with Crippen molar-refractivity contribution in [3.05, 3.63) is 29.3 Å². The van der Waals surface area contributed by atoms with Crippen molar-refractivity contribution in [1.29, 1.82) is 0 Å². The van der Waals surface area contributed by atoms with E-state index < -0.39 is 11.9 Å². The molecule has 88 valence electrons. The summed E-state index contributed by atoms with van der Waals surface area (Å²) >= 11 is 0. The molecule has 4 nitrogen and oxygen atoms in total. The maximum Gasteiger partial charge on any atom is 0.312 e. The number of carboxylic acids is 1. The molecule has 16 heavy (non-hydrogen) atoms. The fourth-order valence-electron chi connectivity index (χ4n) is 1.67. The predicted octanol–water partition coefficient (Wildman–Crippen LogP) is 1.38. The highest BCUT2D eigenvalue weighted by atomic mass is 16.5. The molecule has 0 aliphatic heterocycles. The molecule has 0 saturated carbocycles.